The van der Waals surface area contributed by atoms with Gasteiger partial charge in [0.2, 0.25) is 11.8 Å². The van der Waals surface area contributed by atoms with Crippen molar-refractivity contribution in [3.05, 3.63) is 46.6 Å². The lowest BCUT2D eigenvalue weighted by molar-refractivity contribution is -0.141. The van der Waals surface area contributed by atoms with Crippen LogP contribution in [-0.4, -0.2) is 41.4 Å². The standard InChI is InChI=1S/C19H25BrN4O2/c1-12(22-11-13-4-2-3-5-15(13)20)17-9-7-14-6-8-16(19(26)24(14)17)23-18(25)10-21/h2-5,14,16-17,22H,1,6-11,21H2,(H,23,25)/t14?,16?,17-/m0/s1. The smallest absolute Gasteiger partial charge is 0.245 e. The fourth-order valence-corrected chi connectivity index (χ4v) is 4.28. The van der Waals surface area contributed by atoms with Gasteiger partial charge in [0, 0.05) is 22.8 Å². The number of piperidine rings is 1. The molecule has 0 bridgehead atoms. The molecule has 1 aromatic rings. The second kappa shape index (κ2) is 8.22. The number of nitrogens with zero attached hydrogens (tertiary/aromatic N) is 1. The maximum absolute atomic E-state index is 12.9. The number of nitrogens with one attached hydrogen (secondary N) is 2. The molecule has 7 heteroatoms. The van der Waals surface area contributed by atoms with E-state index in [0.29, 0.717) is 13.0 Å². The van der Waals surface area contributed by atoms with E-state index >= 15 is 0 Å². The molecule has 0 spiro atoms. The minimum atomic E-state index is -0.473. The molecule has 140 valence electrons. The van der Waals surface area contributed by atoms with Crippen molar-refractivity contribution in [3.63, 3.8) is 0 Å². The molecule has 6 nitrogen and oxygen atoms in total. The summed E-state index contributed by atoms with van der Waals surface area (Å²) in [5.41, 5.74) is 7.35. The second-order valence-corrected chi connectivity index (χ2v) is 7.72. The van der Waals surface area contributed by atoms with Crippen molar-refractivity contribution >= 4 is 27.7 Å². The number of carbonyl (C=O) groups is 2. The first-order valence-electron chi connectivity index (χ1n) is 8.99. The van der Waals surface area contributed by atoms with E-state index in [0.717, 1.165) is 35.0 Å². The third kappa shape index (κ3) is 3.94. The first-order valence-corrected chi connectivity index (χ1v) is 9.78. The van der Waals surface area contributed by atoms with E-state index in [2.05, 4.69) is 33.1 Å². The molecule has 2 saturated heterocycles. The summed E-state index contributed by atoms with van der Waals surface area (Å²) in [6.45, 7) is 4.73. The van der Waals surface area contributed by atoms with Crippen LogP contribution < -0.4 is 16.4 Å². The Balaban J connectivity index is 1.64. The topological polar surface area (TPSA) is 87.5 Å². The van der Waals surface area contributed by atoms with E-state index in [1.807, 2.05) is 29.2 Å². The molecule has 2 aliphatic rings. The van der Waals surface area contributed by atoms with Crippen LogP contribution in [0.2, 0.25) is 0 Å². The van der Waals surface area contributed by atoms with Gasteiger partial charge in [-0.1, -0.05) is 40.7 Å². The van der Waals surface area contributed by atoms with E-state index in [9.17, 15) is 9.59 Å². The Morgan fingerprint density at radius 2 is 2.00 bits per heavy atom. The number of nitrogens with two attached hydrogens (primary N) is 1. The Bertz CT molecular complexity index is 709. The molecule has 2 aliphatic heterocycles. The zero-order valence-electron chi connectivity index (χ0n) is 14.7. The van der Waals surface area contributed by atoms with Crippen LogP contribution in [0, 0.1) is 0 Å². The van der Waals surface area contributed by atoms with Crippen molar-refractivity contribution in [2.24, 2.45) is 5.73 Å². The molecule has 3 atom stereocenters. The molecule has 2 fully saturated rings. The first kappa shape index (κ1) is 18.9. The number of hydrogen-bond acceptors (Lipinski definition) is 4. The highest BCUT2D eigenvalue weighted by molar-refractivity contribution is 9.10. The molecule has 2 heterocycles. The summed E-state index contributed by atoms with van der Waals surface area (Å²) in [5.74, 6) is -0.308. The van der Waals surface area contributed by atoms with Crippen molar-refractivity contribution in [3.8, 4) is 0 Å². The Kier molecular flexibility index (Phi) is 5.98. The summed E-state index contributed by atoms with van der Waals surface area (Å²) >= 11 is 3.55. The van der Waals surface area contributed by atoms with E-state index in [4.69, 9.17) is 5.73 Å². The lowest BCUT2D eigenvalue weighted by atomic mass is 9.98. The van der Waals surface area contributed by atoms with Gasteiger partial charge in [0.05, 0.1) is 12.6 Å². The molecule has 3 rings (SSSR count). The van der Waals surface area contributed by atoms with Crippen LogP contribution in [0.5, 0.6) is 0 Å². The quantitative estimate of drug-likeness (QED) is 0.652. The van der Waals surface area contributed by atoms with Gasteiger partial charge in [-0.3, -0.25) is 9.59 Å². The summed E-state index contributed by atoms with van der Waals surface area (Å²) in [5, 5.41) is 6.12. The van der Waals surface area contributed by atoms with Crippen LogP contribution in [0.4, 0.5) is 0 Å². The Morgan fingerprint density at radius 3 is 2.73 bits per heavy atom. The minimum absolute atomic E-state index is 0.0191. The van der Waals surface area contributed by atoms with Crippen molar-refractivity contribution in [1.82, 2.24) is 15.5 Å². The SMILES string of the molecule is C=C(NCc1ccccc1Br)[C@@H]1CCC2CCC(NC(=O)CN)C(=O)N21. The summed E-state index contributed by atoms with van der Waals surface area (Å²) in [6.07, 6.45) is 3.45. The summed E-state index contributed by atoms with van der Waals surface area (Å²) in [4.78, 5) is 26.4. The zero-order chi connectivity index (χ0) is 18.7. The number of carbonyl (C=O) groups excluding carboxylic acids is 2. The highest BCUT2D eigenvalue weighted by Crippen LogP contribution is 2.34. The molecule has 1 aromatic carbocycles. The van der Waals surface area contributed by atoms with Gasteiger partial charge in [0.1, 0.15) is 6.04 Å². The van der Waals surface area contributed by atoms with Gasteiger partial charge in [-0.05, 0) is 37.3 Å². The lowest BCUT2D eigenvalue weighted by Crippen LogP contribution is -2.57. The van der Waals surface area contributed by atoms with Crippen LogP contribution in [0.3, 0.4) is 0 Å². The van der Waals surface area contributed by atoms with Gasteiger partial charge in [-0.15, -0.1) is 0 Å². The van der Waals surface area contributed by atoms with Crippen LogP contribution >= 0.6 is 15.9 Å². The largest absolute Gasteiger partial charge is 0.383 e. The molecule has 26 heavy (non-hydrogen) atoms. The molecule has 2 amide bonds. The van der Waals surface area contributed by atoms with Gasteiger partial charge in [-0.2, -0.15) is 0 Å². The van der Waals surface area contributed by atoms with Gasteiger partial charge in [-0.25, -0.2) is 0 Å². The zero-order valence-corrected chi connectivity index (χ0v) is 16.3. The van der Waals surface area contributed by atoms with Crippen molar-refractivity contribution < 1.29 is 9.59 Å². The molecule has 0 aromatic heterocycles. The Labute approximate surface area is 162 Å². The lowest BCUT2D eigenvalue weighted by Gasteiger charge is -2.39. The number of benzene rings is 1. The predicted molar refractivity (Wildman–Crippen MR) is 104 cm³/mol. The van der Waals surface area contributed by atoms with Gasteiger partial charge in [0.25, 0.3) is 0 Å². The molecule has 4 N–H and O–H groups in total. The van der Waals surface area contributed by atoms with Gasteiger partial charge >= 0.3 is 0 Å². The number of amides is 2. The highest BCUT2D eigenvalue weighted by atomic mass is 79.9. The normalized spacial score (nSPS) is 24.9. The number of fused-ring (bicyclic) bond motifs is 1. The molecule has 2 unspecified atom stereocenters. The number of rotatable bonds is 6. The minimum Gasteiger partial charge on any atom is -0.383 e. The fourth-order valence-electron chi connectivity index (χ4n) is 3.86. The summed E-state index contributed by atoms with van der Waals surface area (Å²) in [7, 11) is 0. The third-order valence-corrected chi connectivity index (χ3v) is 6.00. The van der Waals surface area contributed by atoms with E-state index in [1.54, 1.807) is 0 Å². The maximum atomic E-state index is 12.9. The van der Waals surface area contributed by atoms with Crippen LogP contribution in [0.1, 0.15) is 31.2 Å². The van der Waals surface area contributed by atoms with Gasteiger partial charge < -0.3 is 21.3 Å². The molecule has 0 aliphatic carbocycles. The average Bonchev–Trinajstić information content (AvgIpc) is 3.08. The third-order valence-electron chi connectivity index (χ3n) is 5.23. The fraction of sp³-hybridized carbons (Fsp3) is 0.474. The van der Waals surface area contributed by atoms with Crippen LogP contribution in [0.25, 0.3) is 0 Å². The van der Waals surface area contributed by atoms with Crippen molar-refractivity contribution in [2.75, 3.05) is 6.54 Å². The first-order chi connectivity index (χ1) is 12.5. The highest BCUT2D eigenvalue weighted by Gasteiger charge is 2.44. The monoisotopic (exact) mass is 420 g/mol. The van der Waals surface area contributed by atoms with Crippen LogP contribution in [0.15, 0.2) is 41.0 Å². The summed E-state index contributed by atoms with van der Waals surface area (Å²) in [6, 6.07) is 7.75. The molecule has 0 saturated carbocycles. The van der Waals surface area contributed by atoms with E-state index in [1.165, 1.54) is 0 Å². The maximum Gasteiger partial charge on any atom is 0.245 e. The van der Waals surface area contributed by atoms with E-state index in [-0.39, 0.29) is 30.4 Å². The average molecular weight is 421 g/mol. The second-order valence-electron chi connectivity index (χ2n) is 6.86. The van der Waals surface area contributed by atoms with E-state index < -0.39 is 6.04 Å². The van der Waals surface area contributed by atoms with Gasteiger partial charge in [0.15, 0.2) is 0 Å². The number of hydrogen-bond donors (Lipinski definition) is 3. The predicted octanol–water partition coefficient (Wildman–Crippen LogP) is 1.65. The van der Waals surface area contributed by atoms with Crippen molar-refractivity contribution in [2.45, 2.75) is 50.4 Å². The summed E-state index contributed by atoms with van der Waals surface area (Å²) < 4.78 is 1.04. The molecular formula is C19H25BrN4O2. The molecular weight excluding hydrogens is 396 g/mol. The number of halogens is 1. The molecule has 0 radical (unpaired) electrons. The van der Waals surface area contributed by atoms with Crippen molar-refractivity contribution in [1.29, 1.82) is 0 Å². The Hall–Kier alpha value is -1.86. The Morgan fingerprint density at radius 1 is 1.27 bits per heavy atom. The van der Waals surface area contributed by atoms with Crippen LogP contribution in [-0.2, 0) is 16.1 Å².